The second kappa shape index (κ2) is 5.64. The third-order valence-electron chi connectivity index (χ3n) is 2.99. The largest absolute Gasteiger partial charge is 0.480 e. The summed E-state index contributed by atoms with van der Waals surface area (Å²) in [5, 5.41) is 8.86. The predicted molar refractivity (Wildman–Crippen MR) is 68.0 cm³/mol. The highest BCUT2D eigenvalue weighted by molar-refractivity contribution is 5.87. The van der Waals surface area contributed by atoms with Gasteiger partial charge in [-0.15, -0.1) is 0 Å². The van der Waals surface area contributed by atoms with Gasteiger partial charge in [-0.25, -0.2) is 4.79 Å². The highest BCUT2D eigenvalue weighted by Crippen LogP contribution is 2.14. The maximum Gasteiger partial charge on any atom is 0.326 e. The maximum atomic E-state index is 12.0. The lowest BCUT2D eigenvalue weighted by Gasteiger charge is -2.24. The summed E-state index contributed by atoms with van der Waals surface area (Å²) in [5.74, 6) is -1.46. The molecule has 0 fully saturated rings. The van der Waals surface area contributed by atoms with Crippen molar-refractivity contribution >= 4 is 11.9 Å². The fourth-order valence-electron chi connectivity index (χ4n) is 1.49. The lowest BCUT2D eigenvalue weighted by molar-refractivity contribution is -0.148. The number of carboxylic acid groups (broad SMARTS) is 1. The van der Waals surface area contributed by atoms with Crippen molar-refractivity contribution in [2.75, 3.05) is 7.05 Å². The number of likely N-dealkylation sites (N-methyl/N-ethyl adjacent to an activating group) is 1. The molecule has 5 heteroatoms. The Bertz CT molecular complexity index is 442. The lowest BCUT2D eigenvalue weighted by atomic mass is 10.0. The van der Waals surface area contributed by atoms with Crippen LogP contribution in [-0.2, 0) is 9.59 Å². The number of aryl methyl sites for hydroxylation is 1. The van der Waals surface area contributed by atoms with E-state index in [1.165, 1.54) is 14.0 Å². The first-order valence-corrected chi connectivity index (χ1v) is 5.66. The molecule has 5 nitrogen and oxygen atoms in total. The average Bonchev–Trinajstić information content (AvgIpc) is 2.36. The van der Waals surface area contributed by atoms with E-state index in [9.17, 15) is 9.59 Å². The number of carbonyl (C=O) groups excluding carboxylic acids is 1. The zero-order valence-corrected chi connectivity index (χ0v) is 10.8. The van der Waals surface area contributed by atoms with Crippen LogP contribution in [0.5, 0.6) is 0 Å². The van der Waals surface area contributed by atoms with Crippen LogP contribution in [0.3, 0.4) is 0 Å². The molecule has 1 rings (SSSR count). The summed E-state index contributed by atoms with van der Waals surface area (Å²) >= 11 is 0. The third kappa shape index (κ3) is 3.07. The van der Waals surface area contributed by atoms with Crippen molar-refractivity contribution in [3.63, 3.8) is 0 Å². The van der Waals surface area contributed by atoms with Gasteiger partial charge in [0.05, 0.1) is 0 Å². The van der Waals surface area contributed by atoms with Crippen LogP contribution in [0.15, 0.2) is 24.3 Å². The quantitative estimate of drug-likeness (QED) is 0.832. The molecule has 0 aliphatic carbocycles. The van der Waals surface area contributed by atoms with Crippen molar-refractivity contribution < 1.29 is 14.7 Å². The van der Waals surface area contributed by atoms with E-state index in [-0.39, 0.29) is 0 Å². The summed E-state index contributed by atoms with van der Waals surface area (Å²) in [7, 11) is 1.44. The van der Waals surface area contributed by atoms with Gasteiger partial charge in [-0.3, -0.25) is 4.79 Å². The zero-order valence-electron chi connectivity index (χ0n) is 10.8. The molecule has 98 valence electrons. The summed E-state index contributed by atoms with van der Waals surface area (Å²) in [6.45, 7) is 3.39. The van der Waals surface area contributed by atoms with E-state index in [1.807, 2.05) is 19.1 Å². The standard InChI is InChI=1S/C13H18N2O3/c1-8-4-6-10(7-5-8)11(14)12(16)15(3)9(2)13(17)18/h4-7,9,11H,14H2,1-3H3,(H,17,18). The first kappa shape index (κ1) is 14.2. The molecule has 0 aromatic heterocycles. The molecule has 0 bridgehead atoms. The molecule has 18 heavy (non-hydrogen) atoms. The SMILES string of the molecule is Cc1ccc(C(N)C(=O)N(C)C(C)C(=O)O)cc1. The topological polar surface area (TPSA) is 83.6 Å². The molecule has 2 atom stereocenters. The van der Waals surface area contributed by atoms with Gasteiger partial charge in [0.1, 0.15) is 12.1 Å². The highest BCUT2D eigenvalue weighted by Gasteiger charge is 2.26. The fourth-order valence-corrected chi connectivity index (χ4v) is 1.49. The van der Waals surface area contributed by atoms with Gasteiger partial charge in [-0.05, 0) is 19.4 Å². The predicted octanol–water partition coefficient (Wildman–Crippen LogP) is 0.926. The molecule has 0 aliphatic heterocycles. The van der Waals surface area contributed by atoms with Crippen molar-refractivity contribution in [3.05, 3.63) is 35.4 Å². The minimum Gasteiger partial charge on any atom is -0.480 e. The molecular weight excluding hydrogens is 232 g/mol. The summed E-state index contributed by atoms with van der Waals surface area (Å²) in [4.78, 5) is 24.0. The second-order valence-corrected chi connectivity index (χ2v) is 4.35. The Balaban J connectivity index is 2.84. The van der Waals surface area contributed by atoms with Crippen molar-refractivity contribution in [1.82, 2.24) is 4.90 Å². The molecule has 1 aromatic rings. The number of benzene rings is 1. The maximum absolute atomic E-state index is 12.0. The first-order valence-electron chi connectivity index (χ1n) is 5.66. The normalized spacial score (nSPS) is 13.8. The molecule has 0 spiro atoms. The number of carboxylic acids is 1. The van der Waals surface area contributed by atoms with E-state index in [1.54, 1.807) is 12.1 Å². The molecule has 0 saturated heterocycles. The molecule has 1 aromatic carbocycles. The Labute approximate surface area is 106 Å². The van der Waals surface area contributed by atoms with Gasteiger partial charge in [-0.1, -0.05) is 29.8 Å². The van der Waals surface area contributed by atoms with Crippen LogP contribution in [0.4, 0.5) is 0 Å². The van der Waals surface area contributed by atoms with Crippen LogP contribution in [0, 0.1) is 6.92 Å². The summed E-state index contributed by atoms with van der Waals surface area (Å²) in [5.41, 5.74) is 7.59. The minimum absolute atomic E-state index is 0.409. The van der Waals surface area contributed by atoms with Crippen molar-refractivity contribution in [3.8, 4) is 0 Å². The molecule has 0 saturated carbocycles. The van der Waals surface area contributed by atoms with E-state index < -0.39 is 24.0 Å². The van der Waals surface area contributed by atoms with Gasteiger partial charge in [0, 0.05) is 7.05 Å². The highest BCUT2D eigenvalue weighted by atomic mass is 16.4. The molecule has 3 N–H and O–H groups in total. The third-order valence-corrected chi connectivity index (χ3v) is 2.99. The number of aliphatic carboxylic acids is 1. The average molecular weight is 250 g/mol. The van der Waals surface area contributed by atoms with Crippen LogP contribution >= 0.6 is 0 Å². The summed E-state index contributed by atoms with van der Waals surface area (Å²) in [6.07, 6.45) is 0. The van der Waals surface area contributed by atoms with Gasteiger partial charge < -0.3 is 15.7 Å². The Morgan fingerprint density at radius 2 is 1.78 bits per heavy atom. The summed E-state index contributed by atoms with van der Waals surface area (Å²) in [6, 6.07) is 5.55. The lowest BCUT2D eigenvalue weighted by Crippen LogP contribution is -2.44. The summed E-state index contributed by atoms with van der Waals surface area (Å²) < 4.78 is 0. The van der Waals surface area contributed by atoms with E-state index >= 15 is 0 Å². The Morgan fingerprint density at radius 1 is 1.28 bits per heavy atom. The number of nitrogens with two attached hydrogens (primary N) is 1. The minimum atomic E-state index is -1.05. The van der Waals surface area contributed by atoms with Crippen LogP contribution in [0.25, 0.3) is 0 Å². The van der Waals surface area contributed by atoms with Crippen LogP contribution < -0.4 is 5.73 Å². The van der Waals surface area contributed by atoms with E-state index in [0.29, 0.717) is 5.56 Å². The number of rotatable bonds is 4. The van der Waals surface area contributed by atoms with Gasteiger partial charge in [0.25, 0.3) is 0 Å². The zero-order chi connectivity index (χ0) is 13.9. The smallest absolute Gasteiger partial charge is 0.326 e. The molecule has 0 radical (unpaired) electrons. The molecule has 0 heterocycles. The molecular formula is C13H18N2O3. The Morgan fingerprint density at radius 3 is 2.22 bits per heavy atom. The van der Waals surface area contributed by atoms with Gasteiger partial charge in [-0.2, -0.15) is 0 Å². The monoisotopic (exact) mass is 250 g/mol. The van der Waals surface area contributed by atoms with Crippen LogP contribution in [-0.4, -0.2) is 35.0 Å². The Hall–Kier alpha value is -1.88. The van der Waals surface area contributed by atoms with Gasteiger partial charge in [0.2, 0.25) is 5.91 Å². The van der Waals surface area contributed by atoms with Crippen LogP contribution in [0.1, 0.15) is 24.1 Å². The van der Waals surface area contributed by atoms with Gasteiger partial charge in [0.15, 0.2) is 0 Å². The van der Waals surface area contributed by atoms with Crippen molar-refractivity contribution in [2.45, 2.75) is 25.9 Å². The van der Waals surface area contributed by atoms with E-state index in [2.05, 4.69) is 0 Å². The molecule has 2 unspecified atom stereocenters. The molecule has 0 aliphatic rings. The number of hydrogen-bond acceptors (Lipinski definition) is 3. The van der Waals surface area contributed by atoms with E-state index in [4.69, 9.17) is 10.8 Å². The van der Waals surface area contributed by atoms with E-state index in [0.717, 1.165) is 10.5 Å². The second-order valence-electron chi connectivity index (χ2n) is 4.35. The fraction of sp³-hybridized carbons (Fsp3) is 0.385. The van der Waals surface area contributed by atoms with Crippen LogP contribution in [0.2, 0.25) is 0 Å². The number of hydrogen-bond donors (Lipinski definition) is 2. The number of amides is 1. The first-order chi connectivity index (χ1) is 8.34. The Kier molecular flexibility index (Phi) is 4.44. The van der Waals surface area contributed by atoms with Crippen molar-refractivity contribution in [1.29, 1.82) is 0 Å². The van der Waals surface area contributed by atoms with Gasteiger partial charge >= 0.3 is 5.97 Å². The number of nitrogens with zero attached hydrogens (tertiary/aromatic N) is 1. The van der Waals surface area contributed by atoms with Crippen molar-refractivity contribution in [2.24, 2.45) is 5.73 Å². The number of carbonyl (C=O) groups is 2. The molecule has 1 amide bonds.